The second kappa shape index (κ2) is 7.28. The van der Waals surface area contributed by atoms with Gasteiger partial charge >= 0.3 is 5.97 Å². The summed E-state index contributed by atoms with van der Waals surface area (Å²) in [6, 6.07) is 0. The normalized spacial score (nSPS) is 36.0. The molecule has 0 N–H and O–H groups in total. The first-order valence-electron chi connectivity index (χ1n) is 8.06. The SMILES string of the molecule is CCCC1CCC(C2CCC(OCC)CC2)OC1=O. The van der Waals surface area contributed by atoms with Gasteiger partial charge in [-0.2, -0.15) is 0 Å². The summed E-state index contributed by atoms with van der Waals surface area (Å²) in [5.41, 5.74) is 0. The van der Waals surface area contributed by atoms with Gasteiger partial charge in [0.1, 0.15) is 6.10 Å². The maximum atomic E-state index is 12.0. The average Bonchev–Trinajstić information content (AvgIpc) is 2.43. The molecule has 1 saturated carbocycles. The molecule has 2 aliphatic rings. The summed E-state index contributed by atoms with van der Waals surface area (Å²) in [5.74, 6) is 0.800. The van der Waals surface area contributed by atoms with Gasteiger partial charge in [0.2, 0.25) is 0 Å². The first-order chi connectivity index (χ1) is 9.24. The molecular weight excluding hydrogens is 240 g/mol. The van der Waals surface area contributed by atoms with Crippen LogP contribution in [0.25, 0.3) is 0 Å². The van der Waals surface area contributed by atoms with Gasteiger partial charge in [-0.25, -0.2) is 0 Å². The zero-order valence-electron chi connectivity index (χ0n) is 12.4. The van der Waals surface area contributed by atoms with E-state index in [1.165, 1.54) is 0 Å². The van der Waals surface area contributed by atoms with Crippen molar-refractivity contribution in [1.29, 1.82) is 0 Å². The summed E-state index contributed by atoms with van der Waals surface area (Å²) in [6.45, 7) is 5.00. The molecule has 0 aromatic carbocycles. The van der Waals surface area contributed by atoms with Gasteiger partial charge in [0.25, 0.3) is 0 Å². The molecule has 0 radical (unpaired) electrons. The van der Waals surface area contributed by atoms with E-state index in [4.69, 9.17) is 9.47 Å². The van der Waals surface area contributed by atoms with E-state index in [0.717, 1.165) is 58.0 Å². The number of esters is 1. The lowest BCUT2D eigenvalue weighted by atomic mass is 9.80. The second-order valence-electron chi connectivity index (χ2n) is 6.03. The number of hydrogen-bond acceptors (Lipinski definition) is 3. The monoisotopic (exact) mass is 268 g/mol. The second-order valence-corrected chi connectivity index (χ2v) is 6.03. The Morgan fingerprint density at radius 3 is 2.42 bits per heavy atom. The number of carbonyl (C=O) groups excluding carboxylic acids is 1. The Morgan fingerprint density at radius 1 is 1.11 bits per heavy atom. The minimum atomic E-state index is 0.0602. The summed E-state index contributed by atoms with van der Waals surface area (Å²) in [4.78, 5) is 12.0. The van der Waals surface area contributed by atoms with Crippen LogP contribution < -0.4 is 0 Å². The number of cyclic esters (lactones) is 1. The highest BCUT2D eigenvalue weighted by Crippen LogP contribution is 2.35. The summed E-state index contributed by atoms with van der Waals surface area (Å²) in [5, 5.41) is 0. The van der Waals surface area contributed by atoms with E-state index in [-0.39, 0.29) is 18.0 Å². The predicted molar refractivity (Wildman–Crippen MR) is 74.9 cm³/mol. The van der Waals surface area contributed by atoms with Crippen molar-refractivity contribution in [2.75, 3.05) is 6.61 Å². The Hall–Kier alpha value is -0.570. The van der Waals surface area contributed by atoms with Crippen LogP contribution in [-0.4, -0.2) is 24.8 Å². The number of carbonyl (C=O) groups is 1. The van der Waals surface area contributed by atoms with E-state index >= 15 is 0 Å². The number of rotatable bonds is 5. The van der Waals surface area contributed by atoms with Crippen LogP contribution in [0.4, 0.5) is 0 Å². The topological polar surface area (TPSA) is 35.5 Å². The van der Waals surface area contributed by atoms with Crippen LogP contribution in [0.2, 0.25) is 0 Å². The third kappa shape index (κ3) is 3.95. The average molecular weight is 268 g/mol. The standard InChI is InChI=1S/C16H28O3/c1-3-5-13-8-11-15(19-16(13)17)12-6-9-14(10-7-12)18-4-2/h12-15H,3-11H2,1-2H3. The fraction of sp³-hybridized carbons (Fsp3) is 0.938. The fourth-order valence-corrected chi connectivity index (χ4v) is 3.59. The molecule has 3 heteroatoms. The van der Waals surface area contributed by atoms with Crippen molar-refractivity contribution in [2.45, 2.75) is 77.4 Å². The number of ether oxygens (including phenoxy) is 2. The molecule has 1 saturated heterocycles. The molecular formula is C16H28O3. The molecule has 2 rings (SSSR count). The molecule has 1 heterocycles. The Kier molecular flexibility index (Phi) is 5.68. The van der Waals surface area contributed by atoms with Crippen LogP contribution in [0.15, 0.2) is 0 Å². The zero-order valence-corrected chi connectivity index (χ0v) is 12.4. The largest absolute Gasteiger partial charge is 0.462 e. The van der Waals surface area contributed by atoms with E-state index in [0.29, 0.717) is 12.0 Å². The Balaban J connectivity index is 1.77. The van der Waals surface area contributed by atoms with Gasteiger partial charge in [0.15, 0.2) is 0 Å². The van der Waals surface area contributed by atoms with E-state index in [1.54, 1.807) is 0 Å². The lowest BCUT2D eigenvalue weighted by Gasteiger charge is -2.37. The fourth-order valence-electron chi connectivity index (χ4n) is 3.59. The highest BCUT2D eigenvalue weighted by atomic mass is 16.5. The van der Waals surface area contributed by atoms with Crippen LogP contribution in [0.3, 0.4) is 0 Å². The number of hydrogen-bond donors (Lipinski definition) is 0. The van der Waals surface area contributed by atoms with Gasteiger partial charge in [0.05, 0.1) is 12.0 Å². The predicted octanol–water partition coefficient (Wildman–Crippen LogP) is 3.70. The van der Waals surface area contributed by atoms with Crippen molar-refractivity contribution in [3.8, 4) is 0 Å². The Labute approximate surface area is 117 Å². The maximum Gasteiger partial charge on any atom is 0.309 e. The minimum absolute atomic E-state index is 0.0602. The van der Waals surface area contributed by atoms with Crippen LogP contribution >= 0.6 is 0 Å². The van der Waals surface area contributed by atoms with E-state index in [9.17, 15) is 4.79 Å². The van der Waals surface area contributed by atoms with Crippen LogP contribution in [-0.2, 0) is 14.3 Å². The Morgan fingerprint density at radius 2 is 1.84 bits per heavy atom. The third-order valence-electron chi connectivity index (χ3n) is 4.68. The summed E-state index contributed by atoms with van der Waals surface area (Å²) < 4.78 is 11.4. The van der Waals surface area contributed by atoms with Crippen molar-refractivity contribution in [2.24, 2.45) is 11.8 Å². The highest BCUT2D eigenvalue weighted by Gasteiger charge is 2.35. The molecule has 0 bridgehead atoms. The van der Waals surface area contributed by atoms with Crippen molar-refractivity contribution in [3.63, 3.8) is 0 Å². The first-order valence-corrected chi connectivity index (χ1v) is 8.06. The molecule has 19 heavy (non-hydrogen) atoms. The molecule has 0 amide bonds. The quantitative estimate of drug-likeness (QED) is 0.713. The van der Waals surface area contributed by atoms with Gasteiger partial charge in [-0.1, -0.05) is 13.3 Å². The van der Waals surface area contributed by atoms with E-state index < -0.39 is 0 Å². The van der Waals surface area contributed by atoms with Gasteiger partial charge in [-0.3, -0.25) is 4.79 Å². The third-order valence-corrected chi connectivity index (χ3v) is 4.68. The summed E-state index contributed by atoms with van der Waals surface area (Å²) >= 11 is 0. The first kappa shape index (κ1) is 14.8. The summed E-state index contributed by atoms with van der Waals surface area (Å²) in [6.07, 6.45) is 9.35. The molecule has 1 aliphatic heterocycles. The summed E-state index contributed by atoms with van der Waals surface area (Å²) in [7, 11) is 0. The van der Waals surface area contributed by atoms with Crippen molar-refractivity contribution in [1.82, 2.24) is 0 Å². The smallest absolute Gasteiger partial charge is 0.309 e. The van der Waals surface area contributed by atoms with Gasteiger partial charge in [-0.15, -0.1) is 0 Å². The van der Waals surface area contributed by atoms with E-state index in [1.807, 2.05) is 0 Å². The molecule has 1 aliphatic carbocycles. The molecule has 2 atom stereocenters. The van der Waals surface area contributed by atoms with E-state index in [2.05, 4.69) is 13.8 Å². The zero-order chi connectivity index (χ0) is 13.7. The molecule has 3 nitrogen and oxygen atoms in total. The Bertz CT molecular complexity index is 282. The van der Waals surface area contributed by atoms with Crippen molar-refractivity contribution in [3.05, 3.63) is 0 Å². The molecule has 0 aromatic heterocycles. The van der Waals surface area contributed by atoms with Crippen molar-refractivity contribution >= 4 is 5.97 Å². The molecule has 0 spiro atoms. The van der Waals surface area contributed by atoms with Crippen LogP contribution in [0.5, 0.6) is 0 Å². The highest BCUT2D eigenvalue weighted by molar-refractivity contribution is 5.73. The van der Waals surface area contributed by atoms with Gasteiger partial charge < -0.3 is 9.47 Å². The van der Waals surface area contributed by atoms with Crippen molar-refractivity contribution < 1.29 is 14.3 Å². The molecule has 2 unspecified atom stereocenters. The minimum Gasteiger partial charge on any atom is -0.462 e. The maximum absolute atomic E-state index is 12.0. The van der Waals surface area contributed by atoms with Gasteiger partial charge in [0, 0.05) is 6.61 Å². The van der Waals surface area contributed by atoms with Crippen LogP contribution in [0.1, 0.15) is 65.2 Å². The van der Waals surface area contributed by atoms with Crippen LogP contribution in [0, 0.1) is 11.8 Å². The molecule has 2 fully saturated rings. The lowest BCUT2D eigenvalue weighted by Crippen LogP contribution is -2.38. The molecule has 110 valence electrons. The molecule has 0 aromatic rings. The van der Waals surface area contributed by atoms with Gasteiger partial charge in [-0.05, 0) is 57.8 Å². The lowest BCUT2D eigenvalue weighted by molar-refractivity contribution is -0.165.